The smallest absolute Gasteiger partial charge is 0.543 e. The molecule has 0 aliphatic heterocycles. The quantitative estimate of drug-likeness (QED) is 0.293. The maximum Gasteiger partial charge on any atom is 1.00 e. The summed E-state index contributed by atoms with van der Waals surface area (Å²) < 4.78 is 0. The van der Waals surface area contributed by atoms with Crippen molar-refractivity contribution < 1.29 is 49.4 Å². The van der Waals surface area contributed by atoms with E-state index in [4.69, 9.17) is 5.11 Å². The molecule has 98 valence electrons. The molecule has 0 atom stereocenters. The summed E-state index contributed by atoms with van der Waals surface area (Å²) in [6, 6.07) is 0. The van der Waals surface area contributed by atoms with Crippen LogP contribution in [0.4, 0.5) is 0 Å². The molecule has 1 N–H and O–H groups in total. The van der Waals surface area contributed by atoms with Crippen molar-refractivity contribution in [1.29, 1.82) is 0 Å². The Morgan fingerprint density at radius 3 is 2.28 bits per heavy atom. The van der Waals surface area contributed by atoms with Crippen LogP contribution in [-0.2, 0) is 9.59 Å². The molecule has 6 heteroatoms. The van der Waals surface area contributed by atoms with Gasteiger partial charge in [0.25, 0.3) is 0 Å². The second-order valence-electron chi connectivity index (χ2n) is 4.43. The molecule has 0 heterocycles. The first kappa shape index (κ1) is 19.9. The van der Waals surface area contributed by atoms with Gasteiger partial charge in [-0.1, -0.05) is 33.1 Å². The van der Waals surface area contributed by atoms with Crippen LogP contribution in [0, 0.1) is 5.92 Å². The summed E-state index contributed by atoms with van der Waals surface area (Å²) in [4.78, 5) is 24.6. The largest absolute Gasteiger partial charge is 1.00 e. The minimum absolute atomic E-state index is 0. The molecule has 0 bridgehead atoms. The summed E-state index contributed by atoms with van der Waals surface area (Å²) in [6.45, 7) is 4.66. The summed E-state index contributed by atoms with van der Waals surface area (Å²) in [5.74, 6) is -2.02. The van der Waals surface area contributed by atoms with E-state index in [0.29, 0.717) is 12.5 Å². The number of carbonyl (C=O) groups excluding carboxylic acids is 1. The van der Waals surface area contributed by atoms with E-state index < -0.39 is 18.4 Å². The predicted molar refractivity (Wildman–Crippen MR) is 62.9 cm³/mol. The van der Waals surface area contributed by atoms with Gasteiger partial charge in [0.2, 0.25) is 0 Å². The molecule has 18 heavy (non-hydrogen) atoms. The van der Waals surface area contributed by atoms with Crippen molar-refractivity contribution in [2.24, 2.45) is 10.9 Å². The Morgan fingerprint density at radius 1 is 1.22 bits per heavy atom. The number of rotatable bonds is 9. The Balaban J connectivity index is 0. The molecule has 0 rings (SSSR count). The topological polar surface area (TPSA) is 89.8 Å². The standard InChI is InChI=1S/C12H21NO4.Na/c1-9(2)6-4-3-5-7-13-10(12(16)17)8-11(14)15;/h9H,3-8H2,1-2H3,(H,14,15)(H,16,17);/q;+1/p-1. The normalized spacial score (nSPS) is 11.2. The van der Waals surface area contributed by atoms with Crippen molar-refractivity contribution in [3.05, 3.63) is 0 Å². The van der Waals surface area contributed by atoms with E-state index >= 15 is 0 Å². The van der Waals surface area contributed by atoms with Crippen molar-refractivity contribution in [1.82, 2.24) is 0 Å². The van der Waals surface area contributed by atoms with Crippen LogP contribution in [0.1, 0.15) is 46.0 Å². The van der Waals surface area contributed by atoms with Gasteiger partial charge >= 0.3 is 35.5 Å². The summed E-state index contributed by atoms with van der Waals surface area (Å²) in [7, 11) is 0. The van der Waals surface area contributed by atoms with Gasteiger partial charge in [0.1, 0.15) is 0 Å². The molecule has 0 aliphatic carbocycles. The zero-order valence-electron chi connectivity index (χ0n) is 11.4. The van der Waals surface area contributed by atoms with E-state index in [-0.39, 0.29) is 35.3 Å². The Labute approximate surface area is 130 Å². The van der Waals surface area contributed by atoms with Crippen LogP contribution in [0.5, 0.6) is 0 Å². The number of hydrogen-bond acceptors (Lipinski definition) is 4. The fourth-order valence-electron chi connectivity index (χ4n) is 1.39. The number of aliphatic imine (C=N–C) groups is 1. The number of carbonyl (C=O) groups is 2. The van der Waals surface area contributed by atoms with Crippen molar-refractivity contribution in [3.8, 4) is 0 Å². The van der Waals surface area contributed by atoms with E-state index in [1.807, 2.05) is 0 Å². The first-order chi connectivity index (χ1) is 7.93. The Bertz CT molecular complexity index is 290. The van der Waals surface area contributed by atoms with Crippen LogP contribution in [-0.4, -0.2) is 29.3 Å². The van der Waals surface area contributed by atoms with Crippen molar-refractivity contribution in [2.45, 2.75) is 46.0 Å². The first-order valence-electron chi connectivity index (χ1n) is 5.90. The van der Waals surface area contributed by atoms with E-state index in [2.05, 4.69) is 18.8 Å². The Morgan fingerprint density at radius 2 is 1.83 bits per heavy atom. The summed E-state index contributed by atoms with van der Waals surface area (Å²) in [5, 5.41) is 19.0. The zero-order chi connectivity index (χ0) is 13.3. The minimum atomic E-state index is -1.49. The molecule has 0 aliphatic rings. The average Bonchev–Trinajstić information content (AvgIpc) is 2.20. The molecule has 0 aromatic heterocycles. The molecule has 0 aromatic rings. The molecule has 0 radical (unpaired) electrons. The fourth-order valence-corrected chi connectivity index (χ4v) is 1.39. The second kappa shape index (κ2) is 11.7. The molecule has 0 saturated carbocycles. The van der Waals surface area contributed by atoms with Gasteiger partial charge in [0.15, 0.2) is 0 Å². The maximum atomic E-state index is 10.5. The number of aliphatic carboxylic acids is 2. The van der Waals surface area contributed by atoms with Crippen LogP contribution in [0.3, 0.4) is 0 Å². The predicted octanol–water partition coefficient (Wildman–Crippen LogP) is -2.13. The third-order valence-electron chi connectivity index (χ3n) is 2.30. The van der Waals surface area contributed by atoms with Gasteiger partial charge in [-0.3, -0.25) is 9.79 Å². The van der Waals surface area contributed by atoms with Gasteiger partial charge < -0.3 is 15.0 Å². The Hall–Kier alpha value is -0.390. The summed E-state index contributed by atoms with van der Waals surface area (Å²) >= 11 is 0. The van der Waals surface area contributed by atoms with Crippen LogP contribution in [0.15, 0.2) is 4.99 Å². The molecule has 0 aromatic carbocycles. The first-order valence-corrected chi connectivity index (χ1v) is 5.90. The van der Waals surface area contributed by atoms with Gasteiger partial charge in [-0.05, 0) is 12.3 Å². The van der Waals surface area contributed by atoms with Crippen LogP contribution >= 0.6 is 0 Å². The third kappa shape index (κ3) is 12.1. The van der Waals surface area contributed by atoms with Gasteiger partial charge in [0, 0.05) is 6.54 Å². The number of unbranched alkanes of at least 4 members (excludes halogenated alkanes) is 2. The number of carboxylic acids is 2. The van der Waals surface area contributed by atoms with Crippen LogP contribution in [0.2, 0.25) is 0 Å². The zero-order valence-corrected chi connectivity index (χ0v) is 13.4. The summed E-state index contributed by atoms with van der Waals surface area (Å²) in [6.07, 6.45) is 3.42. The monoisotopic (exact) mass is 265 g/mol. The second-order valence-corrected chi connectivity index (χ2v) is 4.43. The van der Waals surface area contributed by atoms with Crippen LogP contribution < -0.4 is 34.7 Å². The van der Waals surface area contributed by atoms with E-state index in [1.54, 1.807) is 0 Å². The van der Waals surface area contributed by atoms with E-state index in [1.165, 1.54) is 0 Å². The van der Waals surface area contributed by atoms with Crippen molar-refractivity contribution in [3.63, 3.8) is 0 Å². The molecule has 0 spiro atoms. The SMILES string of the molecule is CC(C)CCCCCN=C(CC(=O)O)C(=O)[O-].[Na+]. The molecule has 0 unspecified atom stereocenters. The Kier molecular flexibility index (Phi) is 12.9. The number of hydrogen-bond donors (Lipinski definition) is 1. The fraction of sp³-hybridized carbons (Fsp3) is 0.750. The molecule has 0 fully saturated rings. The van der Waals surface area contributed by atoms with E-state index in [0.717, 1.165) is 25.7 Å². The van der Waals surface area contributed by atoms with E-state index in [9.17, 15) is 14.7 Å². The van der Waals surface area contributed by atoms with Gasteiger partial charge in [-0.2, -0.15) is 0 Å². The van der Waals surface area contributed by atoms with Crippen LogP contribution in [0.25, 0.3) is 0 Å². The number of carboxylic acid groups (broad SMARTS) is 2. The minimum Gasteiger partial charge on any atom is -0.543 e. The number of nitrogens with zero attached hydrogens (tertiary/aromatic N) is 1. The van der Waals surface area contributed by atoms with Gasteiger partial charge in [-0.25, -0.2) is 0 Å². The average molecular weight is 265 g/mol. The maximum absolute atomic E-state index is 10.5. The molecular weight excluding hydrogens is 245 g/mol. The molecule has 0 amide bonds. The summed E-state index contributed by atoms with van der Waals surface area (Å²) in [5.41, 5.74) is -0.374. The van der Waals surface area contributed by atoms with Crippen molar-refractivity contribution in [2.75, 3.05) is 6.54 Å². The molecule has 5 nitrogen and oxygen atoms in total. The van der Waals surface area contributed by atoms with Gasteiger partial charge in [-0.15, -0.1) is 0 Å². The molecule has 0 saturated heterocycles. The van der Waals surface area contributed by atoms with Gasteiger partial charge in [0.05, 0.1) is 18.1 Å². The van der Waals surface area contributed by atoms with Crippen molar-refractivity contribution >= 4 is 17.7 Å². The third-order valence-corrected chi connectivity index (χ3v) is 2.30. The molecular formula is C12H20NNaO4.